The first-order valence-electron chi connectivity index (χ1n) is 6.48. The number of piperidine rings is 1. The minimum Gasteiger partial charge on any atom is -0.342 e. The standard InChI is InChI=1S/C15H20ClNO/c1-15(2)6-8-17(9-7-15)14(18)11-12-4-3-5-13(16)10-12/h3-5,10H,6-9,11H2,1-2H3. The summed E-state index contributed by atoms with van der Waals surface area (Å²) in [5, 5.41) is 0.695. The molecule has 0 saturated carbocycles. The average molecular weight is 266 g/mol. The molecule has 0 aliphatic carbocycles. The normalized spacial score (nSPS) is 18.7. The molecule has 1 saturated heterocycles. The molecule has 0 aromatic heterocycles. The van der Waals surface area contributed by atoms with E-state index in [0.717, 1.165) is 31.5 Å². The molecule has 2 rings (SSSR count). The topological polar surface area (TPSA) is 20.3 Å². The van der Waals surface area contributed by atoms with E-state index in [1.807, 2.05) is 29.2 Å². The van der Waals surface area contributed by atoms with E-state index >= 15 is 0 Å². The number of carbonyl (C=O) groups excluding carboxylic acids is 1. The van der Waals surface area contributed by atoms with Crippen molar-refractivity contribution in [1.82, 2.24) is 4.90 Å². The van der Waals surface area contributed by atoms with E-state index in [2.05, 4.69) is 13.8 Å². The van der Waals surface area contributed by atoms with Gasteiger partial charge in [0, 0.05) is 18.1 Å². The molecule has 0 bridgehead atoms. The molecule has 1 aliphatic rings. The summed E-state index contributed by atoms with van der Waals surface area (Å²) in [7, 11) is 0. The van der Waals surface area contributed by atoms with Gasteiger partial charge in [0.25, 0.3) is 0 Å². The Hall–Kier alpha value is -1.02. The van der Waals surface area contributed by atoms with Gasteiger partial charge in [-0.3, -0.25) is 4.79 Å². The summed E-state index contributed by atoms with van der Waals surface area (Å²) < 4.78 is 0. The molecule has 0 unspecified atom stereocenters. The van der Waals surface area contributed by atoms with Gasteiger partial charge in [-0.2, -0.15) is 0 Å². The van der Waals surface area contributed by atoms with Crippen LogP contribution < -0.4 is 0 Å². The molecule has 0 atom stereocenters. The smallest absolute Gasteiger partial charge is 0.226 e. The summed E-state index contributed by atoms with van der Waals surface area (Å²) in [4.78, 5) is 14.2. The molecular weight excluding hydrogens is 246 g/mol. The highest BCUT2D eigenvalue weighted by atomic mass is 35.5. The molecule has 2 nitrogen and oxygen atoms in total. The zero-order chi connectivity index (χ0) is 13.2. The third-order valence-corrected chi connectivity index (χ3v) is 3.95. The summed E-state index contributed by atoms with van der Waals surface area (Å²) in [5.41, 5.74) is 1.38. The van der Waals surface area contributed by atoms with E-state index < -0.39 is 0 Å². The van der Waals surface area contributed by atoms with E-state index in [9.17, 15) is 4.79 Å². The summed E-state index contributed by atoms with van der Waals surface area (Å²) in [6.07, 6.45) is 2.64. The number of rotatable bonds is 2. The fourth-order valence-electron chi connectivity index (χ4n) is 2.29. The third-order valence-electron chi connectivity index (χ3n) is 3.71. The maximum atomic E-state index is 12.2. The van der Waals surface area contributed by atoms with E-state index in [4.69, 9.17) is 11.6 Å². The summed E-state index contributed by atoms with van der Waals surface area (Å²) in [6.45, 7) is 6.30. The van der Waals surface area contributed by atoms with Crippen LogP contribution in [-0.2, 0) is 11.2 Å². The highest BCUT2D eigenvalue weighted by Gasteiger charge is 2.27. The predicted molar refractivity (Wildman–Crippen MR) is 74.8 cm³/mol. The zero-order valence-electron chi connectivity index (χ0n) is 11.1. The first-order valence-corrected chi connectivity index (χ1v) is 6.86. The molecule has 1 aliphatic heterocycles. The van der Waals surface area contributed by atoms with Gasteiger partial charge in [0.05, 0.1) is 6.42 Å². The number of likely N-dealkylation sites (tertiary alicyclic amines) is 1. The van der Waals surface area contributed by atoms with Crippen molar-refractivity contribution in [3.05, 3.63) is 34.9 Å². The van der Waals surface area contributed by atoms with Crippen LogP contribution in [0.15, 0.2) is 24.3 Å². The van der Waals surface area contributed by atoms with Crippen LogP contribution in [0.1, 0.15) is 32.3 Å². The maximum Gasteiger partial charge on any atom is 0.226 e. The molecule has 3 heteroatoms. The van der Waals surface area contributed by atoms with Gasteiger partial charge in [0.1, 0.15) is 0 Å². The number of nitrogens with zero attached hydrogens (tertiary/aromatic N) is 1. The van der Waals surface area contributed by atoms with Crippen molar-refractivity contribution in [2.45, 2.75) is 33.1 Å². The minimum absolute atomic E-state index is 0.216. The van der Waals surface area contributed by atoms with Crippen molar-refractivity contribution in [2.75, 3.05) is 13.1 Å². The number of amides is 1. The van der Waals surface area contributed by atoms with Crippen LogP contribution in [0, 0.1) is 5.41 Å². The van der Waals surface area contributed by atoms with Crippen molar-refractivity contribution < 1.29 is 4.79 Å². The lowest BCUT2D eigenvalue weighted by molar-refractivity contribution is -0.132. The summed E-state index contributed by atoms with van der Waals surface area (Å²) in [5.74, 6) is 0.216. The van der Waals surface area contributed by atoms with Crippen LogP contribution >= 0.6 is 11.6 Å². The SMILES string of the molecule is CC1(C)CCN(C(=O)Cc2cccc(Cl)c2)CC1. The van der Waals surface area contributed by atoms with Crippen molar-refractivity contribution in [3.8, 4) is 0 Å². The maximum absolute atomic E-state index is 12.2. The monoisotopic (exact) mass is 265 g/mol. The van der Waals surface area contributed by atoms with Gasteiger partial charge < -0.3 is 4.90 Å². The van der Waals surface area contributed by atoms with Crippen LogP contribution in [0.25, 0.3) is 0 Å². The Kier molecular flexibility index (Phi) is 3.96. The second kappa shape index (κ2) is 5.31. The van der Waals surface area contributed by atoms with Crippen LogP contribution in [0.5, 0.6) is 0 Å². The minimum atomic E-state index is 0.216. The molecule has 1 heterocycles. The second-order valence-corrected chi connectivity index (χ2v) is 6.29. The molecule has 1 aromatic carbocycles. The van der Waals surface area contributed by atoms with E-state index in [1.165, 1.54) is 0 Å². The first kappa shape index (κ1) is 13.4. The Bertz CT molecular complexity index is 432. The highest BCUT2D eigenvalue weighted by molar-refractivity contribution is 6.30. The Morgan fingerprint density at radius 3 is 2.61 bits per heavy atom. The average Bonchev–Trinajstić information content (AvgIpc) is 2.28. The number of benzene rings is 1. The Labute approximate surface area is 114 Å². The number of halogens is 1. The fourth-order valence-corrected chi connectivity index (χ4v) is 2.51. The molecule has 18 heavy (non-hydrogen) atoms. The number of hydrogen-bond donors (Lipinski definition) is 0. The van der Waals surface area contributed by atoms with Gasteiger partial charge in [-0.15, -0.1) is 0 Å². The van der Waals surface area contributed by atoms with Gasteiger partial charge in [0.15, 0.2) is 0 Å². The number of hydrogen-bond acceptors (Lipinski definition) is 1. The quantitative estimate of drug-likeness (QED) is 0.801. The van der Waals surface area contributed by atoms with E-state index in [-0.39, 0.29) is 5.91 Å². The van der Waals surface area contributed by atoms with Crippen LogP contribution in [0.3, 0.4) is 0 Å². The largest absolute Gasteiger partial charge is 0.342 e. The van der Waals surface area contributed by atoms with Gasteiger partial charge in [-0.25, -0.2) is 0 Å². The molecule has 98 valence electrons. The van der Waals surface area contributed by atoms with Crippen molar-refractivity contribution in [1.29, 1.82) is 0 Å². The van der Waals surface area contributed by atoms with Crippen LogP contribution in [0.2, 0.25) is 5.02 Å². The zero-order valence-corrected chi connectivity index (χ0v) is 11.8. The van der Waals surface area contributed by atoms with Gasteiger partial charge >= 0.3 is 0 Å². The second-order valence-electron chi connectivity index (χ2n) is 5.85. The van der Waals surface area contributed by atoms with Crippen molar-refractivity contribution in [3.63, 3.8) is 0 Å². The molecule has 1 fully saturated rings. The van der Waals surface area contributed by atoms with Crippen LogP contribution in [0.4, 0.5) is 0 Å². The summed E-state index contributed by atoms with van der Waals surface area (Å²) in [6, 6.07) is 7.55. The fraction of sp³-hybridized carbons (Fsp3) is 0.533. The summed E-state index contributed by atoms with van der Waals surface area (Å²) >= 11 is 5.93. The van der Waals surface area contributed by atoms with E-state index in [1.54, 1.807) is 0 Å². The molecule has 0 spiro atoms. The molecule has 0 N–H and O–H groups in total. The molecule has 0 radical (unpaired) electrons. The third kappa shape index (κ3) is 3.49. The number of carbonyl (C=O) groups is 1. The lowest BCUT2D eigenvalue weighted by Gasteiger charge is -2.37. The molecule has 1 amide bonds. The molecule has 1 aromatic rings. The Morgan fingerprint density at radius 2 is 2.00 bits per heavy atom. The first-order chi connectivity index (χ1) is 8.46. The lowest BCUT2D eigenvalue weighted by atomic mass is 9.82. The van der Waals surface area contributed by atoms with Gasteiger partial charge in [0.2, 0.25) is 5.91 Å². The van der Waals surface area contributed by atoms with Crippen molar-refractivity contribution in [2.24, 2.45) is 5.41 Å². The highest BCUT2D eigenvalue weighted by Crippen LogP contribution is 2.29. The van der Waals surface area contributed by atoms with Crippen molar-refractivity contribution >= 4 is 17.5 Å². The van der Waals surface area contributed by atoms with E-state index in [0.29, 0.717) is 16.9 Å². The lowest BCUT2D eigenvalue weighted by Crippen LogP contribution is -2.41. The van der Waals surface area contributed by atoms with Crippen LogP contribution in [-0.4, -0.2) is 23.9 Å². The van der Waals surface area contributed by atoms with Gasteiger partial charge in [-0.05, 0) is 36.0 Å². The molecular formula is C15H20ClNO. The Balaban J connectivity index is 1.93. The predicted octanol–water partition coefficient (Wildman–Crippen LogP) is 3.53. The Morgan fingerprint density at radius 1 is 1.33 bits per heavy atom. The van der Waals surface area contributed by atoms with Gasteiger partial charge in [-0.1, -0.05) is 37.6 Å².